The molecule has 2 aromatic carbocycles. The Morgan fingerprint density at radius 1 is 0.472 bits per heavy atom. The van der Waals surface area contributed by atoms with Crippen molar-refractivity contribution in [1.82, 2.24) is 0 Å². The van der Waals surface area contributed by atoms with Gasteiger partial charge in [0.1, 0.15) is 12.3 Å². The van der Waals surface area contributed by atoms with Crippen LogP contribution in [-0.2, 0) is 20.6 Å². The van der Waals surface area contributed by atoms with Crippen molar-refractivity contribution < 1.29 is 25.9 Å². The first-order valence-electron chi connectivity index (χ1n) is 20.3. The van der Waals surface area contributed by atoms with E-state index in [4.69, 9.17) is 0 Å². The van der Waals surface area contributed by atoms with E-state index >= 15 is 0 Å². The fourth-order valence-electron chi connectivity index (χ4n) is 7.32. The molecular weight excluding hydrogens is 737 g/mol. The maximum Gasteiger partial charge on any atom is 2.00 e. The largest absolute Gasteiger partial charge is 2.00 e. The Hall–Kier alpha value is -1.28. The molecule has 2 heterocycles. The van der Waals surface area contributed by atoms with E-state index in [2.05, 4.69) is 24.5 Å². The van der Waals surface area contributed by atoms with Crippen molar-refractivity contribution in [2.45, 2.75) is 180 Å². The predicted molar refractivity (Wildman–Crippen MR) is 220 cm³/mol. The normalized spacial score (nSPS) is 16.2. The number of hydrogen-bond acceptors (Lipinski definition) is 8. The quantitative estimate of drug-likeness (QED) is 0.0543. The molecule has 0 radical (unpaired) electrons. The van der Waals surface area contributed by atoms with Crippen LogP contribution in [0.3, 0.4) is 0 Å². The molecule has 2 unspecified atom stereocenters. The van der Waals surface area contributed by atoms with Crippen LogP contribution in [0.25, 0.3) is 0 Å². The van der Waals surface area contributed by atoms with Gasteiger partial charge in [0.2, 0.25) is 0 Å². The van der Waals surface area contributed by atoms with Gasteiger partial charge in [-0.2, -0.15) is 0 Å². The van der Waals surface area contributed by atoms with Crippen LogP contribution in [-0.4, -0.2) is 76.0 Å². The van der Waals surface area contributed by atoms with E-state index in [0.29, 0.717) is 24.2 Å². The topological polar surface area (TPSA) is 145 Å². The molecule has 2 aromatic rings. The molecule has 4 rings (SSSR count). The van der Waals surface area contributed by atoms with Crippen LogP contribution < -0.4 is 19.2 Å². The van der Waals surface area contributed by atoms with Gasteiger partial charge in [-0.1, -0.05) is 167 Å². The Bertz CT molecular complexity index is 1390. The molecule has 2 atom stereocenters. The zero-order valence-electron chi connectivity index (χ0n) is 32.6. The van der Waals surface area contributed by atoms with Crippen LogP contribution in [0.5, 0.6) is 0 Å². The van der Waals surface area contributed by atoms with Gasteiger partial charge in [0.05, 0.1) is 22.7 Å². The first-order valence-corrected chi connectivity index (χ1v) is 23.0. The number of fused-ring (bicyclic) bond motifs is 2. The Morgan fingerprint density at radius 2 is 0.736 bits per heavy atom. The van der Waals surface area contributed by atoms with Gasteiger partial charge in [-0.3, -0.25) is 8.61 Å². The molecule has 0 aliphatic carbocycles. The molecule has 13 heteroatoms. The summed E-state index contributed by atoms with van der Waals surface area (Å²) in [5.74, 6) is 0. The van der Waals surface area contributed by atoms with E-state index < -0.39 is 32.9 Å². The van der Waals surface area contributed by atoms with Crippen molar-refractivity contribution in [1.29, 1.82) is 0 Å². The number of nitrogens with zero attached hydrogens (tertiary/aromatic N) is 2. The van der Waals surface area contributed by atoms with Gasteiger partial charge in [0.25, 0.3) is 0 Å². The fraction of sp³-hybridized carbons (Fsp3) is 0.700. The fourth-order valence-corrected chi connectivity index (χ4v) is 9.06. The second kappa shape index (κ2) is 26.6. The molecule has 0 spiro atoms. The Morgan fingerprint density at radius 3 is 1.02 bits per heavy atom. The van der Waals surface area contributed by atoms with Gasteiger partial charge in [0, 0.05) is 0 Å². The Balaban J connectivity index is 0.000000360. The third-order valence-electron chi connectivity index (χ3n) is 10.1. The van der Waals surface area contributed by atoms with Crippen molar-refractivity contribution in [3.05, 3.63) is 48.5 Å². The molecule has 0 saturated carbocycles. The maximum absolute atomic E-state index is 11.6. The van der Waals surface area contributed by atoms with Crippen LogP contribution in [0.15, 0.2) is 48.5 Å². The van der Waals surface area contributed by atoms with E-state index in [-0.39, 0.29) is 37.7 Å². The van der Waals surface area contributed by atoms with Crippen LogP contribution in [0.4, 0.5) is 22.7 Å². The summed E-state index contributed by atoms with van der Waals surface area (Å²) in [5.41, 5.74) is 2.38. The second-order valence-corrected chi connectivity index (χ2v) is 17.0. The zero-order valence-corrected chi connectivity index (χ0v) is 36.5. The number of nitrogens with one attached hydrogen (secondary N) is 2. The maximum atomic E-state index is 11.6. The van der Waals surface area contributed by atoms with Crippen molar-refractivity contribution in [2.75, 3.05) is 19.2 Å². The first kappa shape index (κ1) is 47.9. The smallest absolute Gasteiger partial charge is 0.731 e. The minimum atomic E-state index is -4.51. The summed E-state index contributed by atoms with van der Waals surface area (Å²) >= 11 is 0. The zero-order chi connectivity index (χ0) is 37.7. The molecule has 0 aromatic heterocycles. The van der Waals surface area contributed by atoms with E-state index in [0.717, 1.165) is 45.7 Å². The molecule has 53 heavy (non-hydrogen) atoms. The van der Waals surface area contributed by atoms with Gasteiger partial charge in [-0.15, -0.1) is 0 Å². The predicted octanol–water partition coefficient (Wildman–Crippen LogP) is 10.4. The summed E-state index contributed by atoms with van der Waals surface area (Å²) in [7, 11) is -9.02. The van der Waals surface area contributed by atoms with E-state index in [1.807, 2.05) is 24.3 Å². The standard InChI is InChI=1S/2C20H34N2O3S.Ca/c2*1-2-3-4-5-6-7-8-9-10-11-12-17-20-21-18-15-13-14-16-19(18)22(20)26(23,24)25;/h2*13-16,20-21H,2-12,17H2,1H3,(H,23,24,25);/q;;+2/p-2. The van der Waals surface area contributed by atoms with Crippen LogP contribution >= 0.6 is 0 Å². The SMILES string of the molecule is CCCCCCCCCCCCCC1Nc2ccccc2N1S(=O)(=O)[O-].CCCCCCCCCCCCCC1Nc2ccccc2N1S(=O)(=O)[O-].[Ca+2]. The summed E-state index contributed by atoms with van der Waals surface area (Å²) in [6.07, 6.45) is 28.0. The first-order chi connectivity index (χ1) is 25.1. The molecular formula is C40H66CaN4O6S2. The molecule has 0 bridgehead atoms. The third kappa shape index (κ3) is 17.6. The summed E-state index contributed by atoms with van der Waals surface area (Å²) < 4.78 is 71.8. The molecule has 2 aliphatic rings. The van der Waals surface area contributed by atoms with E-state index in [1.165, 1.54) is 116 Å². The average Bonchev–Trinajstić information content (AvgIpc) is 3.68. The minimum Gasteiger partial charge on any atom is -0.731 e. The van der Waals surface area contributed by atoms with Crippen molar-refractivity contribution >= 4 is 81.1 Å². The van der Waals surface area contributed by atoms with Gasteiger partial charge in [0.15, 0.2) is 20.6 Å². The molecule has 10 nitrogen and oxygen atoms in total. The van der Waals surface area contributed by atoms with Crippen LogP contribution in [0, 0.1) is 0 Å². The number of rotatable bonds is 26. The molecule has 0 fully saturated rings. The minimum absolute atomic E-state index is 0. The average molecular weight is 803 g/mol. The number of para-hydroxylation sites is 4. The van der Waals surface area contributed by atoms with Crippen LogP contribution in [0.1, 0.15) is 168 Å². The van der Waals surface area contributed by atoms with Crippen molar-refractivity contribution in [2.24, 2.45) is 0 Å². The molecule has 2 N–H and O–H groups in total. The van der Waals surface area contributed by atoms with Crippen molar-refractivity contribution in [3.63, 3.8) is 0 Å². The monoisotopic (exact) mass is 802 g/mol. The molecule has 296 valence electrons. The molecule has 0 saturated heterocycles. The Labute approximate surface area is 352 Å². The van der Waals surface area contributed by atoms with Crippen molar-refractivity contribution in [3.8, 4) is 0 Å². The third-order valence-corrected chi connectivity index (χ3v) is 12.0. The van der Waals surface area contributed by atoms with Gasteiger partial charge < -0.3 is 19.7 Å². The Kier molecular flexibility index (Phi) is 24.0. The van der Waals surface area contributed by atoms with E-state index in [9.17, 15) is 25.9 Å². The molecule has 2 aliphatic heterocycles. The summed E-state index contributed by atoms with van der Waals surface area (Å²) in [4.78, 5) is 0. The van der Waals surface area contributed by atoms with Gasteiger partial charge in [-0.05, 0) is 49.9 Å². The summed E-state index contributed by atoms with van der Waals surface area (Å²) in [6.45, 7) is 4.48. The van der Waals surface area contributed by atoms with Gasteiger partial charge >= 0.3 is 37.7 Å². The van der Waals surface area contributed by atoms with Gasteiger partial charge in [-0.25, -0.2) is 16.8 Å². The summed E-state index contributed by atoms with van der Waals surface area (Å²) in [6, 6.07) is 14.2. The van der Waals surface area contributed by atoms with Crippen LogP contribution in [0.2, 0.25) is 0 Å². The van der Waals surface area contributed by atoms with E-state index in [1.54, 1.807) is 24.3 Å². The number of anilines is 4. The second-order valence-electron chi connectivity index (χ2n) is 14.5. The number of hydrogen-bond donors (Lipinski definition) is 2. The molecule has 0 amide bonds. The number of unbranched alkanes of at least 4 members (excludes halogenated alkanes) is 20. The number of benzene rings is 2. The summed E-state index contributed by atoms with van der Waals surface area (Å²) in [5, 5.41) is 6.35.